The van der Waals surface area contributed by atoms with Crippen LogP contribution in [-0.4, -0.2) is 6.71 Å². The Kier molecular flexibility index (Phi) is 9.64. The van der Waals surface area contributed by atoms with Gasteiger partial charge in [0.05, 0.1) is 5.69 Å². The summed E-state index contributed by atoms with van der Waals surface area (Å²) < 4.78 is 2.76. The molecule has 4 heteroatoms. The van der Waals surface area contributed by atoms with Gasteiger partial charge < -0.3 is 9.80 Å². The molecule has 3 heterocycles. The molecule has 6 aromatic carbocycles. The topological polar surface area (TPSA) is 6.48 Å². The van der Waals surface area contributed by atoms with Gasteiger partial charge in [-0.05, 0) is 185 Å². The molecule has 7 aromatic rings. The Balaban J connectivity index is 1.27. The third-order valence-corrected chi connectivity index (χ3v) is 20.2. The van der Waals surface area contributed by atoms with Gasteiger partial charge in [-0.1, -0.05) is 167 Å². The smallest absolute Gasteiger partial charge is 0.252 e. The molecule has 366 valence electrons. The maximum Gasteiger partial charge on any atom is 0.252 e. The van der Waals surface area contributed by atoms with E-state index in [1.165, 1.54) is 141 Å². The molecule has 0 bridgehead atoms. The van der Waals surface area contributed by atoms with Gasteiger partial charge in [-0.25, -0.2) is 0 Å². The van der Waals surface area contributed by atoms with Gasteiger partial charge in [0, 0.05) is 48.6 Å². The summed E-state index contributed by atoms with van der Waals surface area (Å²) in [6.07, 6.45) is 5.88. The predicted octanol–water partition coefficient (Wildman–Crippen LogP) is 17.4. The van der Waals surface area contributed by atoms with E-state index in [1.807, 2.05) is 11.3 Å². The van der Waals surface area contributed by atoms with Crippen LogP contribution in [0.3, 0.4) is 0 Å². The van der Waals surface area contributed by atoms with Crippen LogP contribution in [0.5, 0.6) is 0 Å². The second-order valence-corrected chi connectivity index (χ2v) is 30.1. The number of rotatable bonds is 2. The van der Waals surface area contributed by atoms with E-state index in [0.29, 0.717) is 0 Å². The highest BCUT2D eigenvalue weighted by Gasteiger charge is 2.50. The highest BCUT2D eigenvalue weighted by molar-refractivity contribution is 7.26. The summed E-state index contributed by atoms with van der Waals surface area (Å²) in [6.45, 7) is 44.4. The maximum atomic E-state index is 2.78. The zero-order valence-electron chi connectivity index (χ0n) is 46.6. The largest absolute Gasteiger partial charge is 0.311 e. The number of fused-ring (bicyclic) bond motifs is 10. The summed E-state index contributed by atoms with van der Waals surface area (Å²) in [5.74, 6) is 0. The zero-order valence-corrected chi connectivity index (χ0v) is 47.4. The molecule has 1 aromatic heterocycles. The van der Waals surface area contributed by atoms with E-state index < -0.39 is 0 Å². The number of nitrogens with zero attached hydrogens (tertiary/aromatic N) is 2. The van der Waals surface area contributed by atoms with Crippen molar-refractivity contribution in [2.75, 3.05) is 9.80 Å². The summed E-state index contributed by atoms with van der Waals surface area (Å²) in [7, 11) is 0. The quantitative estimate of drug-likeness (QED) is 0.159. The van der Waals surface area contributed by atoms with Crippen molar-refractivity contribution in [1.82, 2.24) is 0 Å². The Bertz CT molecular complexity index is 3450. The van der Waals surface area contributed by atoms with Crippen LogP contribution >= 0.6 is 11.3 Å². The Morgan fingerprint density at radius 2 is 0.944 bits per heavy atom. The Hall–Kier alpha value is -4.80. The van der Waals surface area contributed by atoms with Crippen LogP contribution in [0.4, 0.5) is 34.1 Å². The number of anilines is 6. The van der Waals surface area contributed by atoms with E-state index in [9.17, 15) is 0 Å². The molecular formula is C67H79BN2S. The van der Waals surface area contributed by atoms with E-state index in [-0.39, 0.29) is 50.0 Å². The fourth-order valence-corrected chi connectivity index (χ4v) is 16.2. The first-order valence-corrected chi connectivity index (χ1v) is 28.0. The van der Waals surface area contributed by atoms with Crippen LogP contribution in [0.15, 0.2) is 91.0 Å². The second kappa shape index (κ2) is 14.5. The SMILES string of the molecule is CC(C)(C)c1cc2c3c(c1)N(c1ccc(C(C)(C)C)c4sc5ccccc5c14)c1cc4c(cc1B3c1cc3c(cc1N2c1ccc2c(c1)C(C)(C)CCC2(C)C)C(C)(C)CCC3(C)C)C(C)(C)CC4(C)C. The van der Waals surface area contributed by atoms with E-state index in [1.54, 1.807) is 0 Å². The summed E-state index contributed by atoms with van der Waals surface area (Å²) in [6, 6.07) is 37.9. The van der Waals surface area contributed by atoms with Crippen LogP contribution in [0, 0.1) is 0 Å². The van der Waals surface area contributed by atoms with Gasteiger partial charge in [0.15, 0.2) is 0 Å². The minimum atomic E-state index is -0.118. The van der Waals surface area contributed by atoms with Crippen LogP contribution < -0.4 is 26.2 Å². The van der Waals surface area contributed by atoms with Crippen LogP contribution in [-0.2, 0) is 43.3 Å². The molecule has 0 atom stereocenters. The van der Waals surface area contributed by atoms with Crippen molar-refractivity contribution in [2.24, 2.45) is 0 Å². The van der Waals surface area contributed by atoms with Gasteiger partial charge in [-0.2, -0.15) is 0 Å². The third kappa shape index (κ3) is 6.77. The minimum absolute atomic E-state index is 0.0192. The first-order valence-electron chi connectivity index (χ1n) is 27.2. The first-order chi connectivity index (χ1) is 32.9. The van der Waals surface area contributed by atoms with Crippen molar-refractivity contribution in [3.8, 4) is 0 Å². The van der Waals surface area contributed by atoms with Crippen LogP contribution in [0.1, 0.15) is 201 Å². The summed E-state index contributed by atoms with van der Waals surface area (Å²) in [5.41, 5.74) is 24.4. The Morgan fingerprint density at radius 3 is 1.52 bits per heavy atom. The average Bonchev–Trinajstić information content (AvgIpc) is 3.75. The highest BCUT2D eigenvalue weighted by atomic mass is 32.1. The second-order valence-electron chi connectivity index (χ2n) is 29.1. The summed E-state index contributed by atoms with van der Waals surface area (Å²) in [5, 5.41) is 2.73. The van der Waals surface area contributed by atoms with Crippen LogP contribution in [0.25, 0.3) is 20.2 Å². The normalized spacial score (nSPS) is 20.6. The Labute approximate surface area is 431 Å². The van der Waals surface area contributed by atoms with Crippen molar-refractivity contribution in [2.45, 2.75) is 200 Å². The molecule has 0 spiro atoms. The highest BCUT2D eigenvalue weighted by Crippen LogP contribution is 2.57. The van der Waals surface area contributed by atoms with Crippen molar-refractivity contribution in [1.29, 1.82) is 0 Å². The molecule has 0 unspecified atom stereocenters. The van der Waals surface area contributed by atoms with E-state index in [4.69, 9.17) is 0 Å². The molecule has 0 fully saturated rings. The van der Waals surface area contributed by atoms with Gasteiger partial charge in [0.25, 0.3) is 6.71 Å². The van der Waals surface area contributed by atoms with Crippen molar-refractivity contribution in [3.05, 3.63) is 136 Å². The molecule has 3 aliphatic carbocycles. The third-order valence-electron chi connectivity index (χ3n) is 19.0. The number of hydrogen-bond donors (Lipinski definition) is 0. The monoisotopic (exact) mass is 955 g/mol. The fraction of sp³-hybridized carbons (Fsp3) is 0.463. The molecule has 71 heavy (non-hydrogen) atoms. The van der Waals surface area contributed by atoms with Gasteiger partial charge >= 0.3 is 0 Å². The Morgan fingerprint density at radius 1 is 0.451 bits per heavy atom. The molecule has 12 rings (SSSR count). The first kappa shape index (κ1) is 47.2. The number of benzene rings is 6. The standard InChI is InChI=1S/C67H79BN2S/c1-60(2,3)39-31-54-58-55(32-39)70(51-26-25-43(61(4,5)6)59-57(51)41-21-19-20-22-56(41)71-59)53-37-48-46(66(15,16)38-67(48,17)18)35-50(53)68(58)49-34-45-47(65(13,14)30-29-64(45,11)12)36-52(49)69(54)40-23-24-42-44(33-40)63(9,10)28-27-62(42,7)8/h19-26,31-37H,27-30,38H2,1-18H3. The number of hydrogen-bond acceptors (Lipinski definition) is 3. The van der Waals surface area contributed by atoms with E-state index in [2.05, 4.69) is 225 Å². The van der Waals surface area contributed by atoms with E-state index >= 15 is 0 Å². The van der Waals surface area contributed by atoms with Crippen molar-refractivity contribution < 1.29 is 0 Å². The predicted molar refractivity (Wildman–Crippen MR) is 312 cm³/mol. The average molecular weight is 955 g/mol. The van der Waals surface area contributed by atoms with E-state index in [0.717, 1.165) is 6.42 Å². The molecule has 0 saturated carbocycles. The molecule has 2 aliphatic heterocycles. The summed E-state index contributed by atoms with van der Waals surface area (Å²) >= 11 is 1.98. The lowest BCUT2D eigenvalue weighted by Crippen LogP contribution is -2.62. The maximum absolute atomic E-state index is 2.78. The van der Waals surface area contributed by atoms with Crippen molar-refractivity contribution in [3.63, 3.8) is 0 Å². The molecule has 0 amide bonds. The molecule has 0 saturated heterocycles. The lowest BCUT2D eigenvalue weighted by molar-refractivity contribution is 0.332. The molecule has 0 N–H and O–H groups in total. The number of thiophene rings is 1. The van der Waals surface area contributed by atoms with Gasteiger partial charge in [0.1, 0.15) is 0 Å². The van der Waals surface area contributed by atoms with Gasteiger partial charge in [-0.15, -0.1) is 11.3 Å². The van der Waals surface area contributed by atoms with Crippen LogP contribution in [0.2, 0.25) is 0 Å². The zero-order chi connectivity index (χ0) is 50.7. The molecule has 0 radical (unpaired) electrons. The lowest BCUT2D eigenvalue weighted by atomic mass is 9.32. The minimum Gasteiger partial charge on any atom is -0.311 e. The van der Waals surface area contributed by atoms with Crippen molar-refractivity contribution >= 4 is 88.7 Å². The molecule has 2 nitrogen and oxygen atoms in total. The lowest BCUT2D eigenvalue weighted by Gasteiger charge is -2.48. The fourth-order valence-electron chi connectivity index (χ4n) is 14.8. The van der Waals surface area contributed by atoms with Gasteiger partial charge in [-0.3, -0.25) is 0 Å². The molecule has 5 aliphatic rings. The summed E-state index contributed by atoms with van der Waals surface area (Å²) in [4.78, 5) is 5.54. The van der Waals surface area contributed by atoms with Gasteiger partial charge in [0.2, 0.25) is 0 Å². The molecular weight excluding hydrogens is 876 g/mol.